The summed E-state index contributed by atoms with van der Waals surface area (Å²) in [6.45, 7) is -0.473. The summed E-state index contributed by atoms with van der Waals surface area (Å²) in [7, 11) is -4.88. The van der Waals surface area contributed by atoms with Crippen LogP contribution in [0.25, 0.3) is 11.3 Å². The molecule has 1 atom stereocenters. The third-order valence-electron chi connectivity index (χ3n) is 4.27. The Kier molecular flexibility index (Phi) is 6.56. The number of benzene rings is 1. The quantitative estimate of drug-likeness (QED) is 0.278. The summed E-state index contributed by atoms with van der Waals surface area (Å²) >= 11 is 7.10. The molecular weight excluding hydrogens is 479 g/mol. The average molecular weight is 495 g/mol. The van der Waals surface area contributed by atoms with Crippen molar-refractivity contribution < 1.29 is 32.7 Å². The van der Waals surface area contributed by atoms with E-state index in [2.05, 4.69) is 14.7 Å². The van der Waals surface area contributed by atoms with Crippen molar-refractivity contribution in [2.24, 2.45) is 0 Å². The van der Waals surface area contributed by atoms with Gasteiger partial charge in [0, 0.05) is 17.9 Å². The Morgan fingerprint density at radius 1 is 1.31 bits per heavy atom. The smallest absolute Gasteiger partial charge is 0.285 e. The van der Waals surface area contributed by atoms with Crippen LogP contribution in [-0.4, -0.2) is 15.0 Å². The van der Waals surface area contributed by atoms with Gasteiger partial charge in [0.2, 0.25) is 0 Å². The minimum atomic E-state index is -4.88. The van der Waals surface area contributed by atoms with Gasteiger partial charge in [-0.05, 0) is 29.8 Å². The molecule has 166 valence electrons. The van der Waals surface area contributed by atoms with Crippen LogP contribution in [0.5, 0.6) is 10.9 Å². The van der Waals surface area contributed by atoms with Gasteiger partial charge in [0.15, 0.2) is 12.5 Å². The monoisotopic (exact) mass is 494 g/mol. The van der Waals surface area contributed by atoms with Gasteiger partial charge in [-0.15, -0.1) is 0 Å². The predicted octanol–water partition coefficient (Wildman–Crippen LogP) is 3.14. The van der Waals surface area contributed by atoms with Gasteiger partial charge in [0.05, 0.1) is 11.9 Å². The number of phosphoric ester groups is 1. The molecule has 1 unspecified atom stereocenters. The molecule has 0 spiro atoms. The summed E-state index contributed by atoms with van der Waals surface area (Å²) in [5.74, 6) is 1.23. The number of nitrogens with two attached hydrogens (primary N) is 1. The van der Waals surface area contributed by atoms with Crippen LogP contribution in [0.15, 0.2) is 58.6 Å². The van der Waals surface area contributed by atoms with Gasteiger partial charge in [-0.25, -0.2) is 4.57 Å². The van der Waals surface area contributed by atoms with E-state index in [1.807, 2.05) is 24.3 Å². The Bertz CT molecular complexity index is 1270. The van der Waals surface area contributed by atoms with E-state index in [4.69, 9.17) is 31.5 Å². The first-order valence-electron chi connectivity index (χ1n) is 9.07. The molecule has 0 saturated heterocycles. The molecule has 3 heterocycles. The van der Waals surface area contributed by atoms with E-state index in [1.54, 1.807) is 23.6 Å². The third kappa shape index (κ3) is 5.71. The van der Waals surface area contributed by atoms with Gasteiger partial charge < -0.3 is 19.0 Å². The molecule has 0 amide bonds. The summed E-state index contributed by atoms with van der Waals surface area (Å²) in [5.41, 5.74) is 8.23. The second kappa shape index (κ2) is 9.37. The van der Waals surface area contributed by atoms with E-state index < -0.39 is 14.6 Å². The highest BCUT2D eigenvalue weighted by molar-refractivity contribution is 7.44. The molecule has 13 heteroatoms. The molecule has 1 aromatic carbocycles. The summed E-state index contributed by atoms with van der Waals surface area (Å²) in [6, 6.07) is 12.5. The number of rotatable bonds is 8. The fourth-order valence-corrected chi connectivity index (χ4v) is 3.89. The highest BCUT2D eigenvalue weighted by Crippen LogP contribution is 2.31. The van der Waals surface area contributed by atoms with Gasteiger partial charge in [0.25, 0.3) is 18.8 Å². The van der Waals surface area contributed by atoms with Crippen LogP contribution in [0.3, 0.4) is 0 Å². The maximum atomic E-state index is 10.8. The van der Waals surface area contributed by atoms with Crippen molar-refractivity contribution >= 4 is 36.6 Å². The molecule has 3 N–H and O–H groups in total. The van der Waals surface area contributed by atoms with E-state index in [-0.39, 0.29) is 5.82 Å². The number of pyridine rings is 1. The maximum absolute atomic E-state index is 10.8. The van der Waals surface area contributed by atoms with Crippen LogP contribution in [0.4, 0.5) is 5.82 Å². The number of phosphoric acid groups is 1. The van der Waals surface area contributed by atoms with Crippen molar-refractivity contribution in [3.8, 4) is 22.3 Å². The Morgan fingerprint density at radius 2 is 2.09 bits per heavy atom. The predicted molar refractivity (Wildman–Crippen MR) is 114 cm³/mol. The fraction of sp³-hybridized carbons (Fsp3) is 0.105. The molecule has 0 bridgehead atoms. The SMILES string of the molecule is Nc1c(-c2cc(Cc3ccc(Oc4nc(Cl)cs4)cc3)no2)ccc[n+]1COP(=O)([O-])O. The van der Waals surface area contributed by atoms with Crippen LogP contribution in [0.1, 0.15) is 11.3 Å². The Hall–Kier alpha value is -2.79. The van der Waals surface area contributed by atoms with Gasteiger partial charge >= 0.3 is 0 Å². The number of nitrogens with zero attached hydrogens (tertiary/aromatic N) is 3. The molecule has 0 aliphatic carbocycles. The van der Waals surface area contributed by atoms with Crippen molar-refractivity contribution in [2.75, 3.05) is 5.73 Å². The molecule has 32 heavy (non-hydrogen) atoms. The number of nitrogen functional groups attached to an aromatic ring is 1. The van der Waals surface area contributed by atoms with Gasteiger partial charge in [-0.3, -0.25) is 14.8 Å². The first-order chi connectivity index (χ1) is 15.3. The molecule has 4 aromatic rings. The standard InChI is InChI=1S/C19H16ClN4O6PS/c20-17-10-32-19(22-17)29-14-5-3-12(4-6-14)8-13-9-16(30-23-13)15-2-1-7-24(18(15)21)11-28-31(25,26)27/h1-7,9-10,21H,8,11H2,(H2,25,26,27). The Balaban J connectivity index is 1.44. The fourth-order valence-electron chi connectivity index (χ4n) is 2.81. The van der Waals surface area contributed by atoms with Gasteiger partial charge in [-0.2, -0.15) is 4.98 Å². The highest BCUT2D eigenvalue weighted by atomic mass is 35.5. The molecule has 0 aliphatic heterocycles. The molecule has 0 aliphatic rings. The van der Waals surface area contributed by atoms with Crippen molar-refractivity contribution in [3.05, 3.63) is 70.5 Å². The zero-order valence-corrected chi connectivity index (χ0v) is 18.7. The molecule has 0 saturated carbocycles. The minimum Gasteiger partial charge on any atom is -0.756 e. The summed E-state index contributed by atoms with van der Waals surface area (Å²) < 4.78 is 27.6. The van der Waals surface area contributed by atoms with Crippen LogP contribution in [0, 0.1) is 0 Å². The van der Waals surface area contributed by atoms with Gasteiger partial charge in [-0.1, -0.05) is 40.2 Å². The van der Waals surface area contributed by atoms with E-state index in [1.165, 1.54) is 22.1 Å². The molecule has 10 nitrogen and oxygen atoms in total. The normalized spacial score (nSPS) is 13.1. The van der Waals surface area contributed by atoms with E-state index >= 15 is 0 Å². The minimum absolute atomic E-state index is 0.187. The molecule has 4 rings (SSSR count). The van der Waals surface area contributed by atoms with E-state index in [0.717, 1.165) is 5.56 Å². The lowest BCUT2D eigenvalue weighted by Gasteiger charge is -2.14. The van der Waals surface area contributed by atoms with E-state index in [9.17, 15) is 9.46 Å². The van der Waals surface area contributed by atoms with Crippen LogP contribution >= 0.6 is 30.8 Å². The van der Waals surface area contributed by atoms with Crippen LogP contribution in [0.2, 0.25) is 5.15 Å². The Morgan fingerprint density at radius 3 is 2.78 bits per heavy atom. The first kappa shape index (κ1) is 22.4. The lowest BCUT2D eigenvalue weighted by atomic mass is 10.1. The molecule has 0 fully saturated rings. The zero-order valence-electron chi connectivity index (χ0n) is 16.3. The van der Waals surface area contributed by atoms with Crippen LogP contribution < -0.4 is 19.9 Å². The highest BCUT2D eigenvalue weighted by Gasteiger charge is 2.18. The number of thiazole rings is 1. The number of hydrogen-bond acceptors (Lipinski definition) is 9. The van der Waals surface area contributed by atoms with Crippen molar-refractivity contribution in [1.29, 1.82) is 0 Å². The van der Waals surface area contributed by atoms with Crippen LogP contribution in [-0.2, 0) is 22.2 Å². The maximum Gasteiger partial charge on any atom is 0.285 e. The second-order valence-corrected chi connectivity index (χ2v) is 8.95. The molecule has 0 radical (unpaired) electrons. The van der Waals surface area contributed by atoms with Crippen molar-refractivity contribution in [2.45, 2.75) is 13.2 Å². The topological polar surface area (TPSA) is 148 Å². The van der Waals surface area contributed by atoms with Crippen molar-refractivity contribution in [1.82, 2.24) is 10.1 Å². The number of anilines is 1. The van der Waals surface area contributed by atoms with Crippen molar-refractivity contribution in [3.63, 3.8) is 0 Å². The number of aromatic nitrogens is 3. The Labute approximate surface area is 191 Å². The second-order valence-electron chi connectivity index (χ2n) is 6.55. The first-order valence-corrected chi connectivity index (χ1v) is 11.8. The summed E-state index contributed by atoms with van der Waals surface area (Å²) in [4.78, 5) is 23.6. The summed E-state index contributed by atoms with van der Waals surface area (Å²) in [6.07, 6.45) is 2.02. The zero-order chi connectivity index (χ0) is 22.7. The lowest BCUT2D eigenvalue weighted by Crippen LogP contribution is -2.38. The summed E-state index contributed by atoms with van der Waals surface area (Å²) in [5, 5.41) is 6.62. The molecule has 3 aromatic heterocycles. The van der Waals surface area contributed by atoms with Gasteiger partial charge in [0.1, 0.15) is 16.5 Å². The average Bonchev–Trinajstić information content (AvgIpc) is 3.37. The lowest BCUT2D eigenvalue weighted by molar-refractivity contribution is -0.712. The number of hydrogen-bond donors (Lipinski definition) is 2. The third-order valence-corrected chi connectivity index (χ3v) is 5.75. The van der Waals surface area contributed by atoms with E-state index in [0.29, 0.717) is 39.5 Å². The number of ether oxygens (including phenoxy) is 1. The largest absolute Gasteiger partial charge is 0.756 e. The molecular formula is C19H16ClN4O6PS. The number of halogens is 1.